The summed E-state index contributed by atoms with van der Waals surface area (Å²) in [7, 11) is 1.79. The number of rotatable bonds is 3. The van der Waals surface area contributed by atoms with Crippen molar-refractivity contribution in [3.63, 3.8) is 0 Å². The van der Waals surface area contributed by atoms with Crippen LogP contribution in [0.4, 0.5) is 13.2 Å². The molecule has 0 aliphatic rings. The van der Waals surface area contributed by atoms with Crippen LogP contribution < -0.4 is 0 Å². The largest absolute Gasteiger partial charge is 0.417 e. The van der Waals surface area contributed by atoms with Crippen molar-refractivity contribution in [2.24, 2.45) is 7.05 Å². The van der Waals surface area contributed by atoms with E-state index >= 15 is 0 Å². The minimum Gasteiger partial charge on any atom is -0.311 e. The Hall–Kier alpha value is -2.06. The van der Waals surface area contributed by atoms with Crippen LogP contribution in [-0.4, -0.2) is 20.3 Å². The van der Waals surface area contributed by atoms with E-state index in [4.69, 9.17) is 0 Å². The predicted octanol–water partition coefficient (Wildman–Crippen LogP) is 5.98. The highest BCUT2D eigenvalue weighted by Crippen LogP contribution is 2.44. The van der Waals surface area contributed by atoms with Crippen LogP contribution in [0.1, 0.15) is 12.5 Å². The highest BCUT2D eigenvalue weighted by Gasteiger charge is 2.32. The first kappa shape index (κ1) is 17.4. The molecule has 0 spiro atoms. The lowest BCUT2D eigenvalue weighted by Gasteiger charge is -2.05. The topological polar surface area (TPSA) is 30.7 Å². The highest BCUT2D eigenvalue weighted by atomic mass is 32.2. The molecule has 0 unspecified atom stereocenters. The van der Waals surface area contributed by atoms with E-state index in [1.54, 1.807) is 34.7 Å². The average Bonchev–Trinajstić information content (AvgIpc) is 3.13. The van der Waals surface area contributed by atoms with Crippen molar-refractivity contribution in [1.29, 1.82) is 0 Å². The van der Waals surface area contributed by atoms with Gasteiger partial charge in [-0.1, -0.05) is 25.1 Å². The molecule has 0 radical (unpaired) electrons. The molecule has 0 amide bonds. The molecule has 8 heteroatoms. The monoisotopic (exact) mass is 393 g/mol. The Labute approximate surface area is 155 Å². The summed E-state index contributed by atoms with van der Waals surface area (Å²) in [5.74, 6) is 1.54. The Bertz CT molecular complexity index is 1110. The van der Waals surface area contributed by atoms with Gasteiger partial charge >= 0.3 is 6.18 Å². The van der Waals surface area contributed by atoms with Crippen molar-refractivity contribution in [3.05, 3.63) is 42.1 Å². The standard InChI is InChI=1S/C18H14F3N3S2/c1-3-25-14-11-6-4-5-7-13(11)26-15(14)17-23-12-8-10(18(19,20)21)9-22-16(12)24(17)2/h4-9H,3H2,1-2H3. The van der Waals surface area contributed by atoms with E-state index in [2.05, 4.69) is 23.0 Å². The molecule has 3 aromatic heterocycles. The lowest BCUT2D eigenvalue weighted by atomic mass is 10.2. The number of alkyl halides is 3. The van der Waals surface area contributed by atoms with Gasteiger partial charge in [0.25, 0.3) is 0 Å². The number of pyridine rings is 1. The quantitative estimate of drug-likeness (QED) is 0.401. The van der Waals surface area contributed by atoms with E-state index in [1.807, 2.05) is 18.2 Å². The number of benzene rings is 1. The van der Waals surface area contributed by atoms with Crippen molar-refractivity contribution < 1.29 is 13.2 Å². The molecule has 4 rings (SSSR count). The summed E-state index contributed by atoms with van der Waals surface area (Å²) in [5, 5.41) is 1.15. The lowest BCUT2D eigenvalue weighted by Crippen LogP contribution is -2.05. The number of aromatic nitrogens is 3. The Kier molecular flexibility index (Phi) is 4.19. The number of nitrogens with zero attached hydrogens (tertiary/aromatic N) is 3. The maximum absolute atomic E-state index is 13.0. The fourth-order valence-electron chi connectivity index (χ4n) is 2.89. The number of imidazole rings is 1. The van der Waals surface area contributed by atoms with Crippen LogP contribution in [0.15, 0.2) is 41.4 Å². The Morgan fingerprint density at radius 2 is 2.00 bits per heavy atom. The first-order valence-electron chi connectivity index (χ1n) is 7.94. The molecule has 0 bridgehead atoms. The smallest absolute Gasteiger partial charge is 0.311 e. The summed E-state index contributed by atoms with van der Waals surface area (Å²) in [4.78, 5) is 10.6. The van der Waals surface area contributed by atoms with Crippen molar-refractivity contribution in [2.45, 2.75) is 18.0 Å². The first-order chi connectivity index (χ1) is 12.4. The fraction of sp³-hybridized carbons (Fsp3) is 0.222. The molecule has 4 aromatic rings. The zero-order valence-corrected chi connectivity index (χ0v) is 15.6. The number of hydrogen-bond donors (Lipinski definition) is 0. The minimum atomic E-state index is -4.43. The summed E-state index contributed by atoms with van der Waals surface area (Å²) < 4.78 is 41.8. The first-order valence-corrected chi connectivity index (χ1v) is 9.74. The molecule has 0 aliphatic carbocycles. The second kappa shape index (κ2) is 6.28. The number of thiophene rings is 1. The Morgan fingerprint density at radius 1 is 1.23 bits per heavy atom. The van der Waals surface area contributed by atoms with Crippen LogP contribution in [0, 0.1) is 0 Å². The van der Waals surface area contributed by atoms with E-state index in [9.17, 15) is 13.2 Å². The molecule has 0 saturated heterocycles. The summed E-state index contributed by atoms with van der Waals surface area (Å²) in [6.07, 6.45) is -3.57. The minimum absolute atomic E-state index is 0.252. The Balaban J connectivity index is 1.96. The maximum Gasteiger partial charge on any atom is 0.417 e. The maximum atomic E-state index is 13.0. The van der Waals surface area contributed by atoms with Crippen molar-refractivity contribution >= 4 is 44.3 Å². The van der Waals surface area contributed by atoms with Gasteiger partial charge in [-0.25, -0.2) is 9.97 Å². The molecule has 1 aromatic carbocycles. The third-order valence-electron chi connectivity index (χ3n) is 4.08. The van der Waals surface area contributed by atoms with Crippen LogP contribution in [0.3, 0.4) is 0 Å². The van der Waals surface area contributed by atoms with Gasteiger partial charge in [-0.05, 0) is 17.9 Å². The molecular weight excluding hydrogens is 379 g/mol. The van der Waals surface area contributed by atoms with Gasteiger partial charge < -0.3 is 4.57 Å². The zero-order valence-electron chi connectivity index (χ0n) is 14.0. The number of aryl methyl sites for hydroxylation is 1. The van der Waals surface area contributed by atoms with Gasteiger partial charge in [0.1, 0.15) is 5.52 Å². The molecule has 134 valence electrons. The molecule has 0 atom stereocenters. The van der Waals surface area contributed by atoms with E-state index in [0.29, 0.717) is 11.5 Å². The van der Waals surface area contributed by atoms with Gasteiger partial charge in [0.2, 0.25) is 0 Å². The number of hydrogen-bond acceptors (Lipinski definition) is 4. The summed E-state index contributed by atoms with van der Waals surface area (Å²) in [6, 6.07) is 9.15. The van der Waals surface area contributed by atoms with Gasteiger partial charge in [0.05, 0.1) is 10.4 Å². The third-order valence-corrected chi connectivity index (χ3v) is 6.38. The highest BCUT2D eigenvalue weighted by molar-refractivity contribution is 7.99. The lowest BCUT2D eigenvalue weighted by molar-refractivity contribution is -0.137. The molecular formula is C18H14F3N3S2. The van der Waals surface area contributed by atoms with E-state index in [-0.39, 0.29) is 5.52 Å². The van der Waals surface area contributed by atoms with Crippen molar-refractivity contribution in [1.82, 2.24) is 14.5 Å². The number of fused-ring (bicyclic) bond motifs is 2. The molecule has 0 fully saturated rings. The molecule has 26 heavy (non-hydrogen) atoms. The third kappa shape index (κ3) is 2.77. The van der Waals surface area contributed by atoms with Gasteiger partial charge in [0.15, 0.2) is 11.5 Å². The predicted molar refractivity (Wildman–Crippen MR) is 101 cm³/mol. The number of halogens is 3. The average molecular weight is 393 g/mol. The van der Waals surface area contributed by atoms with Crippen LogP contribution >= 0.6 is 23.1 Å². The normalized spacial score (nSPS) is 12.3. The summed E-state index contributed by atoms with van der Waals surface area (Å²) in [6.45, 7) is 2.08. The van der Waals surface area contributed by atoms with Gasteiger partial charge in [-0.2, -0.15) is 13.2 Å². The van der Waals surface area contributed by atoms with E-state index < -0.39 is 11.7 Å². The number of thioether (sulfide) groups is 1. The summed E-state index contributed by atoms with van der Waals surface area (Å²) >= 11 is 3.32. The molecule has 0 saturated carbocycles. The molecule has 0 aliphatic heterocycles. The second-order valence-electron chi connectivity index (χ2n) is 5.75. The van der Waals surface area contributed by atoms with Crippen LogP contribution in [-0.2, 0) is 13.2 Å². The van der Waals surface area contributed by atoms with Gasteiger partial charge in [-0.15, -0.1) is 23.1 Å². The van der Waals surface area contributed by atoms with Crippen LogP contribution in [0.5, 0.6) is 0 Å². The second-order valence-corrected chi connectivity index (χ2v) is 8.07. The van der Waals surface area contributed by atoms with Crippen molar-refractivity contribution in [3.8, 4) is 10.7 Å². The van der Waals surface area contributed by atoms with Gasteiger partial charge in [0, 0.05) is 28.2 Å². The van der Waals surface area contributed by atoms with Gasteiger partial charge in [-0.3, -0.25) is 0 Å². The SMILES string of the molecule is CCSc1c(-c2nc3cc(C(F)(F)F)cnc3n2C)sc2ccccc12. The Morgan fingerprint density at radius 3 is 2.73 bits per heavy atom. The zero-order chi connectivity index (χ0) is 18.5. The fourth-order valence-corrected chi connectivity index (χ4v) is 5.22. The molecule has 3 nitrogen and oxygen atoms in total. The van der Waals surface area contributed by atoms with Crippen molar-refractivity contribution in [2.75, 3.05) is 5.75 Å². The summed E-state index contributed by atoms with van der Waals surface area (Å²) in [5.41, 5.74) is -0.0886. The van der Waals surface area contributed by atoms with Crippen LogP contribution in [0.2, 0.25) is 0 Å². The van der Waals surface area contributed by atoms with Crippen LogP contribution in [0.25, 0.3) is 32.0 Å². The van der Waals surface area contributed by atoms with E-state index in [1.165, 1.54) is 0 Å². The molecule has 3 heterocycles. The molecule has 0 N–H and O–H groups in total. The van der Waals surface area contributed by atoms with E-state index in [0.717, 1.165) is 37.9 Å².